The van der Waals surface area contributed by atoms with Gasteiger partial charge in [0, 0.05) is 22.7 Å². The molecule has 0 unspecified atom stereocenters. The SMILES string of the molecule is Cc1cccc(CN2CCC[C@@H](NC(=O)OC(C)(C)C)C2)c1I. The van der Waals surface area contributed by atoms with Crippen LogP contribution in [0.3, 0.4) is 0 Å². The third-order valence-corrected chi connectivity index (χ3v) is 5.44. The molecule has 128 valence electrons. The average Bonchev–Trinajstić information content (AvgIpc) is 2.42. The molecule has 1 saturated heterocycles. The van der Waals surface area contributed by atoms with Crippen LogP contribution in [0.5, 0.6) is 0 Å². The second-order valence-electron chi connectivity index (χ2n) is 7.27. The van der Waals surface area contributed by atoms with Gasteiger partial charge in [-0.1, -0.05) is 18.2 Å². The number of amides is 1. The fourth-order valence-corrected chi connectivity index (χ4v) is 3.39. The van der Waals surface area contributed by atoms with Gasteiger partial charge in [-0.15, -0.1) is 0 Å². The molecule has 23 heavy (non-hydrogen) atoms. The van der Waals surface area contributed by atoms with Crippen molar-refractivity contribution in [2.75, 3.05) is 13.1 Å². The number of nitrogens with zero attached hydrogens (tertiary/aromatic N) is 1. The molecule has 1 aromatic carbocycles. The van der Waals surface area contributed by atoms with E-state index in [1.54, 1.807) is 0 Å². The minimum atomic E-state index is -0.448. The summed E-state index contributed by atoms with van der Waals surface area (Å²) in [5.41, 5.74) is 2.24. The first kappa shape index (κ1) is 18.5. The third-order valence-electron chi connectivity index (χ3n) is 3.89. The van der Waals surface area contributed by atoms with Gasteiger partial charge in [0.15, 0.2) is 0 Å². The number of halogens is 1. The van der Waals surface area contributed by atoms with Crippen molar-refractivity contribution in [3.05, 3.63) is 32.9 Å². The van der Waals surface area contributed by atoms with Crippen molar-refractivity contribution in [1.29, 1.82) is 0 Å². The molecule has 2 rings (SSSR count). The van der Waals surface area contributed by atoms with Crippen molar-refractivity contribution in [2.45, 2.75) is 58.7 Å². The van der Waals surface area contributed by atoms with Crippen LogP contribution in [0.15, 0.2) is 18.2 Å². The summed E-state index contributed by atoms with van der Waals surface area (Å²) in [7, 11) is 0. The van der Waals surface area contributed by atoms with Crippen LogP contribution in [0, 0.1) is 10.5 Å². The molecule has 5 heteroatoms. The van der Waals surface area contributed by atoms with E-state index in [0.29, 0.717) is 0 Å². The highest BCUT2D eigenvalue weighted by Crippen LogP contribution is 2.20. The maximum Gasteiger partial charge on any atom is 0.407 e. The van der Waals surface area contributed by atoms with E-state index >= 15 is 0 Å². The van der Waals surface area contributed by atoms with Gasteiger partial charge in [0.05, 0.1) is 0 Å². The molecule has 0 spiro atoms. The summed E-state index contributed by atoms with van der Waals surface area (Å²) >= 11 is 2.42. The smallest absolute Gasteiger partial charge is 0.407 e. The molecule has 1 atom stereocenters. The predicted molar refractivity (Wildman–Crippen MR) is 102 cm³/mol. The molecule has 4 nitrogen and oxygen atoms in total. The summed E-state index contributed by atoms with van der Waals surface area (Å²) in [5.74, 6) is 0. The lowest BCUT2D eigenvalue weighted by Gasteiger charge is -2.33. The number of hydrogen-bond acceptors (Lipinski definition) is 3. The summed E-state index contributed by atoms with van der Waals surface area (Å²) in [4.78, 5) is 14.4. The van der Waals surface area contributed by atoms with Crippen molar-refractivity contribution in [3.63, 3.8) is 0 Å². The van der Waals surface area contributed by atoms with Crippen LogP contribution in [0.4, 0.5) is 4.79 Å². The zero-order valence-corrected chi connectivity index (χ0v) is 16.6. The molecule has 0 aliphatic carbocycles. The lowest BCUT2D eigenvalue weighted by atomic mass is 10.0. The highest BCUT2D eigenvalue weighted by atomic mass is 127. The molecule has 1 fully saturated rings. The van der Waals surface area contributed by atoms with Gasteiger partial charge in [-0.2, -0.15) is 0 Å². The van der Waals surface area contributed by atoms with Crippen LogP contribution < -0.4 is 5.32 Å². The molecule has 1 amide bonds. The monoisotopic (exact) mass is 430 g/mol. The van der Waals surface area contributed by atoms with Gasteiger partial charge in [-0.3, -0.25) is 4.90 Å². The number of piperidine rings is 1. The molecule has 0 bridgehead atoms. The number of hydrogen-bond donors (Lipinski definition) is 1. The number of ether oxygens (including phenoxy) is 1. The molecule has 0 aromatic heterocycles. The number of carbonyl (C=O) groups excluding carboxylic acids is 1. The molecule has 1 aliphatic heterocycles. The van der Waals surface area contributed by atoms with E-state index in [4.69, 9.17) is 4.74 Å². The number of benzene rings is 1. The lowest BCUT2D eigenvalue weighted by molar-refractivity contribution is 0.0470. The Hall–Kier alpha value is -0.820. The molecule has 1 aromatic rings. The largest absolute Gasteiger partial charge is 0.444 e. The summed E-state index contributed by atoms with van der Waals surface area (Å²) in [5, 5.41) is 3.01. The van der Waals surface area contributed by atoms with E-state index < -0.39 is 5.60 Å². The molecule has 1 heterocycles. The quantitative estimate of drug-likeness (QED) is 0.735. The van der Waals surface area contributed by atoms with Crippen LogP contribution in [0.1, 0.15) is 44.7 Å². The first-order chi connectivity index (χ1) is 10.7. The van der Waals surface area contributed by atoms with Crippen LogP contribution in [0.2, 0.25) is 0 Å². The molecular formula is C18H27IN2O2. The first-order valence-electron chi connectivity index (χ1n) is 8.20. The average molecular weight is 430 g/mol. The Morgan fingerprint density at radius 3 is 2.87 bits per heavy atom. The summed E-state index contributed by atoms with van der Waals surface area (Å²) in [6.45, 7) is 10.7. The van der Waals surface area contributed by atoms with Gasteiger partial charge < -0.3 is 10.1 Å². The number of likely N-dealkylation sites (tertiary alicyclic amines) is 1. The Morgan fingerprint density at radius 2 is 2.17 bits per heavy atom. The standard InChI is InChI=1S/C18H27IN2O2/c1-13-7-5-8-14(16(13)19)11-21-10-6-9-15(12-21)20-17(22)23-18(2,3)4/h5,7-8,15H,6,9-12H2,1-4H3,(H,20,22)/t15-/m1/s1. The van der Waals surface area contributed by atoms with Gasteiger partial charge in [-0.05, 0) is 80.8 Å². The summed E-state index contributed by atoms with van der Waals surface area (Å²) in [6.07, 6.45) is 1.80. The van der Waals surface area contributed by atoms with Crippen molar-refractivity contribution in [1.82, 2.24) is 10.2 Å². The number of aryl methyl sites for hydroxylation is 1. The van der Waals surface area contributed by atoms with Crippen LogP contribution >= 0.6 is 22.6 Å². The number of nitrogens with one attached hydrogen (secondary N) is 1. The number of rotatable bonds is 3. The summed E-state index contributed by atoms with van der Waals surface area (Å²) in [6, 6.07) is 6.63. The van der Waals surface area contributed by atoms with Crippen LogP contribution in [0.25, 0.3) is 0 Å². The third kappa shape index (κ3) is 5.95. The van der Waals surface area contributed by atoms with E-state index in [-0.39, 0.29) is 12.1 Å². The first-order valence-corrected chi connectivity index (χ1v) is 9.28. The van der Waals surface area contributed by atoms with Gasteiger partial charge >= 0.3 is 6.09 Å². The minimum absolute atomic E-state index is 0.168. The van der Waals surface area contributed by atoms with E-state index in [9.17, 15) is 4.79 Å². The lowest BCUT2D eigenvalue weighted by Crippen LogP contribution is -2.48. The topological polar surface area (TPSA) is 41.6 Å². The number of alkyl carbamates (subject to hydrolysis) is 1. The second-order valence-corrected chi connectivity index (χ2v) is 8.35. The Morgan fingerprint density at radius 1 is 1.43 bits per heavy atom. The Kier molecular flexibility index (Phi) is 6.31. The van der Waals surface area contributed by atoms with E-state index in [2.05, 4.69) is 57.9 Å². The van der Waals surface area contributed by atoms with Gasteiger partial charge in [0.1, 0.15) is 5.60 Å². The van der Waals surface area contributed by atoms with Gasteiger partial charge in [0.25, 0.3) is 0 Å². The summed E-state index contributed by atoms with van der Waals surface area (Å²) < 4.78 is 6.70. The van der Waals surface area contributed by atoms with E-state index in [1.807, 2.05) is 20.8 Å². The fraction of sp³-hybridized carbons (Fsp3) is 0.611. The Labute approximate surface area is 153 Å². The maximum atomic E-state index is 11.9. The maximum absolute atomic E-state index is 11.9. The van der Waals surface area contributed by atoms with Gasteiger partial charge in [0.2, 0.25) is 0 Å². The zero-order chi connectivity index (χ0) is 17.0. The normalized spacial score (nSPS) is 19.4. The minimum Gasteiger partial charge on any atom is -0.444 e. The highest BCUT2D eigenvalue weighted by molar-refractivity contribution is 14.1. The molecule has 0 radical (unpaired) electrons. The van der Waals surface area contributed by atoms with Crippen molar-refractivity contribution in [2.24, 2.45) is 0 Å². The van der Waals surface area contributed by atoms with Crippen molar-refractivity contribution in [3.8, 4) is 0 Å². The highest BCUT2D eigenvalue weighted by Gasteiger charge is 2.24. The molecular weight excluding hydrogens is 403 g/mol. The Bertz CT molecular complexity index is 554. The van der Waals surface area contributed by atoms with Crippen LogP contribution in [-0.4, -0.2) is 35.7 Å². The number of carbonyl (C=O) groups is 1. The molecule has 1 N–H and O–H groups in total. The molecule has 0 saturated carbocycles. The van der Waals surface area contributed by atoms with E-state index in [1.165, 1.54) is 14.7 Å². The fourth-order valence-electron chi connectivity index (χ4n) is 2.86. The van der Waals surface area contributed by atoms with Crippen molar-refractivity contribution < 1.29 is 9.53 Å². The van der Waals surface area contributed by atoms with Gasteiger partial charge in [-0.25, -0.2) is 4.79 Å². The molecule has 1 aliphatic rings. The van der Waals surface area contributed by atoms with E-state index in [0.717, 1.165) is 32.5 Å². The predicted octanol–water partition coefficient (Wildman–Crippen LogP) is 4.09. The van der Waals surface area contributed by atoms with Crippen molar-refractivity contribution >= 4 is 28.7 Å². The second kappa shape index (κ2) is 7.83. The zero-order valence-electron chi connectivity index (χ0n) is 14.5. The van der Waals surface area contributed by atoms with Crippen LogP contribution in [-0.2, 0) is 11.3 Å². The Balaban J connectivity index is 1.91.